The fourth-order valence-electron chi connectivity index (χ4n) is 2.63. The van der Waals surface area contributed by atoms with E-state index in [1.54, 1.807) is 6.08 Å². The van der Waals surface area contributed by atoms with Gasteiger partial charge in [0.1, 0.15) is 23.3 Å². The van der Waals surface area contributed by atoms with Gasteiger partial charge in [-0.25, -0.2) is 4.99 Å². The molecule has 1 aliphatic carbocycles. The van der Waals surface area contributed by atoms with E-state index in [0.29, 0.717) is 28.4 Å². The third-order valence-corrected chi connectivity index (χ3v) is 4.58. The van der Waals surface area contributed by atoms with Gasteiger partial charge in [-0.05, 0) is 26.0 Å². The Bertz CT molecular complexity index is 964. The molecule has 7 nitrogen and oxygen atoms in total. The number of amidine groups is 1. The molecule has 0 aromatic carbocycles. The molecule has 126 valence electrons. The van der Waals surface area contributed by atoms with Gasteiger partial charge in [-0.1, -0.05) is 30.0 Å². The highest BCUT2D eigenvalue weighted by Gasteiger charge is 2.26. The van der Waals surface area contributed by atoms with Crippen molar-refractivity contribution in [1.29, 1.82) is 0 Å². The van der Waals surface area contributed by atoms with Crippen LogP contribution in [0.3, 0.4) is 0 Å². The molecule has 1 aliphatic heterocycles. The average molecular weight is 354 g/mol. The fraction of sp³-hybridized carbons (Fsp3) is 0.235. The van der Waals surface area contributed by atoms with Gasteiger partial charge in [-0.15, -0.1) is 10.2 Å². The number of aromatic nitrogens is 2. The maximum Gasteiger partial charge on any atom is 0.277 e. The number of thioether (sulfide) groups is 1. The number of carbonyl (C=O) groups excluding carboxylic acids is 1. The molecule has 2 aliphatic rings. The second-order valence-corrected chi connectivity index (χ2v) is 6.54. The maximum atomic E-state index is 12.1. The molecule has 2 aromatic rings. The molecule has 8 heteroatoms. The van der Waals surface area contributed by atoms with E-state index in [1.807, 2.05) is 38.1 Å². The quantitative estimate of drug-likeness (QED) is 0.783. The summed E-state index contributed by atoms with van der Waals surface area (Å²) in [6.07, 6.45) is 7.32. The number of hydrogen-bond acceptors (Lipinski definition) is 7. The van der Waals surface area contributed by atoms with Crippen LogP contribution in [0, 0.1) is 19.8 Å². The summed E-state index contributed by atoms with van der Waals surface area (Å²) in [4.78, 5) is 20.5. The molecule has 0 saturated heterocycles. The van der Waals surface area contributed by atoms with Crippen molar-refractivity contribution in [3.05, 3.63) is 41.9 Å². The van der Waals surface area contributed by atoms with Gasteiger partial charge in [-0.2, -0.15) is 4.99 Å². The summed E-state index contributed by atoms with van der Waals surface area (Å²) in [5.74, 6) is 2.20. The van der Waals surface area contributed by atoms with Crippen LogP contribution < -0.4 is 0 Å². The second kappa shape index (κ2) is 6.29. The van der Waals surface area contributed by atoms with Gasteiger partial charge in [0.05, 0.1) is 17.0 Å². The molecule has 25 heavy (non-hydrogen) atoms. The zero-order chi connectivity index (χ0) is 17.4. The molecule has 0 saturated carbocycles. The van der Waals surface area contributed by atoms with Gasteiger partial charge in [0, 0.05) is 0 Å². The Kier molecular flexibility index (Phi) is 3.96. The highest BCUT2D eigenvalue weighted by molar-refractivity contribution is 7.99. The van der Waals surface area contributed by atoms with E-state index in [0.717, 1.165) is 17.1 Å². The molecule has 4 rings (SSSR count). The third kappa shape index (κ3) is 3.12. The Morgan fingerprint density at radius 3 is 2.84 bits per heavy atom. The molecule has 0 spiro atoms. The van der Waals surface area contributed by atoms with E-state index < -0.39 is 0 Å². The van der Waals surface area contributed by atoms with Crippen LogP contribution in [-0.2, 0) is 4.79 Å². The monoisotopic (exact) mass is 354 g/mol. The Hall–Kier alpha value is -2.74. The van der Waals surface area contributed by atoms with Gasteiger partial charge in [0.15, 0.2) is 0 Å². The number of carbonyl (C=O) groups is 1. The first-order chi connectivity index (χ1) is 12.1. The minimum absolute atomic E-state index is 0.197. The molecule has 1 amide bonds. The first-order valence-electron chi connectivity index (χ1n) is 7.69. The van der Waals surface area contributed by atoms with Crippen LogP contribution in [0.2, 0.25) is 0 Å². The first-order valence-corrected chi connectivity index (χ1v) is 8.67. The maximum absolute atomic E-state index is 12.1. The number of allylic oxidation sites excluding steroid dienone is 3. The van der Waals surface area contributed by atoms with Gasteiger partial charge >= 0.3 is 0 Å². The molecule has 0 radical (unpaired) electrons. The van der Waals surface area contributed by atoms with Crippen molar-refractivity contribution in [2.24, 2.45) is 15.9 Å². The van der Waals surface area contributed by atoms with Gasteiger partial charge in [-0.3, -0.25) is 4.79 Å². The van der Waals surface area contributed by atoms with Crippen LogP contribution in [0.5, 0.6) is 0 Å². The summed E-state index contributed by atoms with van der Waals surface area (Å²) in [7, 11) is 0. The summed E-state index contributed by atoms with van der Waals surface area (Å²) in [6, 6.07) is 1.86. The predicted molar refractivity (Wildman–Crippen MR) is 93.8 cm³/mol. The van der Waals surface area contributed by atoms with E-state index >= 15 is 0 Å². The molecular weight excluding hydrogens is 340 g/mol. The Balaban J connectivity index is 1.47. The van der Waals surface area contributed by atoms with Crippen LogP contribution in [0.4, 0.5) is 0 Å². The summed E-state index contributed by atoms with van der Waals surface area (Å²) >= 11 is 1.29. The molecule has 2 aromatic heterocycles. The summed E-state index contributed by atoms with van der Waals surface area (Å²) in [6.45, 7) is 3.71. The standard InChI is InChI=1S/C17H14N4O3S/c1-9-7-12(10(2)23-9)16-20-21-17(24-16)25-8-14-18-13-6-4-3-5-11(13)15(22)19-14/h3-7,11H,8H2,1-2H3. The minimum atomic E-state index is -0.360. The van der Waals surface area contributed by atoms with E-state index in [4.69, 9.17) is 8.83 Å². The van der Waals surface area contributed by atoms with E-state index in [9.17, 15) is 4.79 Å². The number of nitrogens with zero attached hydrogens (tertiary/aromatic N) is 4. The number of aryl methyl sites for hydroxylation is 2. The van der Waals surface area contributed by atoms with Gasteiger partial charge in [0.2, 0.25) is 0 Å². The summed E-state index contributed by atoms with van der Waals surface area (Å²) in [5.41, 5.74) is 1.50. The average Bonchev–Trinajstić information content (AvgIpc) is 3.19. The van der Waals surface area contributed by atoms with Crippen molar-refractivity contribution in [3.63, 3.8) is 0 Å². The number of amides is 1. The van der Waals surface area contributed by atoms with E-state index in [-0.39, 0.29) is 11.8 Å². The van der Waals surface area contributed by atoms with E-state index in [2.05, 4.69) is 20.2 Å². The highest BCUT2D eigenvalue weighted by Crippen LogP contribution is 2.28. The molecule has 0 fully saturated rings. The zero-order valence-electron chi connectivity index (χ0n) is 13.6. The largest absolute Gasteiger partial charge is 0.466 e. The Morgan fingerprint density at radius 1 is 1.16 bits per heavy atom. The smallest absolute Gasteiger partial charge is 0.277 e. The highest BCUT2D eigenvalue weighted by atomic mass is 32.2. The lowest BCUT2D eigenvalue weighted by molar-refractivity contribution is -0.118. The lowest BCUT2D eigenvalue weighted by Gasteiger charge is -2.16. The number of rotatable bonds is 4. The van der Waals surface area contributed by atoms with Crippen LogP contribution in [-0.4, -0.2) is 33.4 Å². The SMILES string of the molecule is Cc1cc(-c2nnc(SCC3=NC(=O)C4C=CC=CC4=N3)o2)c(C)o1. The number of fused-ring (bicyclic) bond motifs is 1. The summed E-state index contributed by atoms with van der Waals surface area (Å²) in [5, 5.41) is 8.46. The zero-order valence-corrected chi connectivity index (χ0v) is 14.4. The fourth-order valence-corrected chi connectivity index (χ4v) is 3.25. The van der Waals surface area contributed by atoms with Crippen LogP contribution in [0.1, 0.15) is 11.5 Å². The lowest BCUT2D eigenvalue weighted by Crippen LogP contribution is -2.27. The van der Waals surface area contributed by atoms with Crippen molar-refractivity contribution in [2.75, 3.05) is 5.75 Å². The van der Waals surface area contributed by atoms with Gasteiger partial charge < -0.3 is 8.83 Å². The minimum Gasteiger partial charge on any atom is -0.466 e. The topological polar surface area (TPSA) is 93.8 Å². The summed E-state index contributed by atoms with van der Waals surface area (Å²) < 4.78 is 11.1. The van der Waals surface area contributed by atoms with Crippen LogP contribution in [0.15, 0.2) is 54.4 Å². The van der Waals surface area contributed by atoms with Crippen LogP contribution in [0.25, 0.3) is 11.5 Å². The van der Waals surface area contributed by atoms with E-state index in [1.165, 1.54) is 11.8 Å². The lowest BCUT2D eigenvalue weighted by atomic mass is 9.97. The van der Waals surface area contributed by atoms with Crippen molar-refractivity contribution in [3.8, 4) is 11.5 Å². The molecular formula is C17H14N4O3S. The Morgan fingerprint density at radius 2 is 2.04 bits per heavy atom. The van der Waals surface area contributed by atoms with Gasteiger partial charge in [0.25, 0.3) is 17.0 Å². The molecule has 3 heterocycles. The third-order valence-electron chi connectivity index (χ3n) is 3.77. The van der Waals surface area contributed by atoms with Crippen LogP contribution >= 0.6 is 11.8 Å². The molecule has 0 N–H and O–H groups in total. The van der Waals surface area contributed by atoms with Crippen molar-refractivity contribution in [1.82, 2.24) is 10.2 Å². The first kappa shape index (κ1) is 15.8. The number of aliphatic imine (C=N–C) groups is 2. The number of furan rings is 1. The van der Waals surface area contributed by atoms with Crippen molar-refractivity contribution < 1.29 is 13.6 Å². The van der Waals surface area contributed by atoms with Crippen molar-refractivity contribution in [2.45, 2.75) is 19.1 Å². The predicted octanol–water partition coefficient (Wildman–Crippen LogP) is 3.16. The normalized spacial score (nSPS) is 19.0. The molecule has 0 bridgehead atoms. The Labute approximate surface area is 147 Å². The van der Waals surface area contributed by atoms with Crippen molar-refractivity contribution >= 4 is 29.2 Å². The second-order valence-electron chi connectivity index (χ2n) is 5.61. The molecule has 1 unspecified atom stereocenters. The number of hydrogen-bond donors (Lipinski definition) is 0. The molecule has 1 atom stereocenters.